The Labute approximate surface area is 284 Å². The monoisotopic (exact) mass is 727 g/mol. The van der Waals surface area contributed by atoms with Crippen molar-refractivity contribution in [3.8, 4) is 23.0 Å². The third kappa shape index (κ3) is 8.92. The average molecular weight is 729 g/mol. The lowest BCUT2D eigenvalue weighted by Crippen LogP contribution is -2.45. The van der Waals surface area contributed by atoms with Gasteiger partial charge in [-0.1, -0.05) is 6.07 Å². The number of nitrogens with zero attached hydrogens (tertiary/aromatic N) is 2. The third-order valence-electron chi connectivity index (χ3n) is 6.89. The van der Waals surface area contributed by atoms with Gasteiger partial charge < -0.3 is 39.4 Å². The van der Waals surface area contributed by atoms with Crippen LogP contribution in [-0.4, -0.2) is 61.9 Å². The number of non-ortho nitro benzene ring substituents is 1. The zero-order chi connectivity index (χ0) is 34.8. The molecule has 48 heavy (non-hydrogen) atoms. The van der Waals surface area contributed by atoms with Gasteiger partial charge in [0.25, 0.3) is 5.69 Å². The Balaban J connectivity index is 1.38. The molecular weight excluding hydrogens is 694 g/mol. The van der Waals surface area contributed by atoms with Crippen LogP contribution in [0.4, 0.5) is 10.5 Å². The summed E-state index contributed by atoms with van der Waals surface area (Å²) in [5, 5.41) is 30.8. The number of hydrogen-bond acceptors (Lipinski definition) is 12. The fourth-order valence-electron chi connectivity index (χ4n) is 4.64. The largest absolute Gasteiger partial charge is 0.493 e. The van der Waals surface area contributed by atoms with Crippen LogP contribution in [0, 0.1) is 10.1 Å². The number of allylic oxidation sites excluding steroid dienone is 1. The first-order chi connectivity index (χ1) is 23.0. The molecule has 0 fully saturated rings. The lowest BCUT2D eigenvalue weighted by Gasteiger charge is -2.28. The zero-order valence-electron chi connectivity index (χ0n) is 26.4. The summed E-state index contributed by atoms with van der Waals surface area (Å²) in [5.41, 5.74) is 5.13. The highest BCUT2D eigenvalue weighted by atomic mass is 79.9. The summed E-state index contributed by atoms with van der Waals surface area (Å²) < 4.78 is 28.4. The predicted molar refractivity (Wildman–Crippen MR) is 177 cm³/mol. The van der Waals surface area contributed by atoms with Gasteiger partial charge >= 0.3 is 12.0 Å². The molecule has 3 aromatic rings. The van der Waals surface area contributed by atoms with Gasteiger partial charge in [-0.2, -0.15) is 5.10 Å². The standard InChI is InChI=1S/C32H34BrN5O10/c1-5-46-25-14-21(29-28(31(40)45-4)18(2)35-32(41)36-29)8-11-24(25)47-17-27(39)37-34-15-20-12-23(33)30(26(13-20)44-3)48-16-19-6-9-22(10-7-19)38(42)43/h6-15,27,29,37,39H,5,16-17H2,1-4H3,(H2,35,36,41)/b34-15-/t27-,29-/m0/s1. The second-order valence-electron chi connectivity index (χ2n) is 10.2. The second-order valence-corrected chi connectivity index (χ2v) is 11.0. The van der Waals surface area contributed by atoms with E-state index in [4.69, 9.17) is 23.7 Å². The number of halogens is 1. The number of aliphatic hydroxyl groups is 1. The van der Waals surface area contributed by atoms with Crippen LogP contribution in [0.2, 0.25) is 0 Å². The summed E-state index contributed by atoms with van der Waals surface area (Å²) in [6.07, 6.45) is 0.268. The van der Waals surface area contributed by atoms with Crippen LogP contribution >= 0.6 is 15.9 Å². The molecule has 0 bridgehead atoms. The number of aliphatic hydroxyl groups excluding tert-OH is 1. The molecule has 16 heteroatoms. The van der Waals surface area contributed by atoms with Gasteiger partial charge in [-0.25, -0.2) is 9.59 Å². The normalized spacial score (nSPS) is 14.9. The van der Waals surface area contributed by atoms with Crippen LogP contribution in [0.1, 0.15) is 36.6 Å². The quantitative estimate of drug-likeness (QED) is 0.0568. The molecule has 1 heterocycles. The Morgan fingerprint density at radius 1 is 1.10 bits per heavy atom. The highest BCUT2D eigenvalue weighted by molar-refractivity contribution is 9.10. The van der Waals surface area contributed by atoms with E-state index in [-0.39, 0.29) is 24.5 Å². The number of methoxy groups -OCH3 is 2. The second kappa shape index (κ2) is 16.5. The van der Waals surface area contributed by atoms with Crippen molar-refractivity contribution in [1.82, 2.24) is 16.1 Å². The topological polar surface area (TPSA) is 192 Å². The number of amides is 2. The summed E-state index contributed by atoms with van der Waals surface area (Å²) in [7, 11) is 2.75. The van der Waals surface area contributed by atoms with Crippen LogP contribution in [0.3, 0.4) is 0 Å². The van der Waals surface area contributed by atoms with Crippen molar-refractivity contribution in [3.63, 3.8) is 0 Å². The van der Waals surface area contributed by atoms with E-state index < -0.39 is 29.2 Å². The van der Waals surface area contributed by atoms with Crippen molar-refractivity contribution in [2.45, 2.75) is 32.7 Å². The maximum Gasteiger partial charge on any atom is 0.337 e. The van der Waals surface area contributed by atoms with Gasteiger partial charge in [-0.15, -0.1) is 0 Å². The van der Waals surface area contributed by atoms with Crippen molar-refractivity contribution in [1.29, 1.82) is 0 Å². The lowest BCUT2D eigenvalue weighted by molar-refractivity contribution is -0.384. The zero-order valence-corrected chi connectivity index (χ0v) is 28.0. The van der Waals surface area contributed by atoms with E-state index in [0.717, 1.165) is 5.56 Å². The number of nitro benzene ring substituents is 1. The minimum atomic E-state index is -1.20. The summed E-state index contributed by atoms with van der Waals surface area (Å²) in [6, 6.07) is 13.2. The molecule has 1 aliphatic heterocycles. The van der Waals surface area contributed by atoms with Gasteiger partial charge in [0.15, 0.2) is 29.2 Å². The van der Waals surface area contributed by atoms with Crippen molar-refractivity contribution < 1.29 is 43.3 Å². The van der Waals surface area contributed by atoms with Crippen molar-refractivity contribution >= 4 is 39.8 Å². The van der Waals surface area contributed by atoms with Gasteiger partial charge in [0, 0.05) is 17.8 Å². The SMILES string of the molecule is CCOc1cc([C@@H]2NC(=O)NC(C)=C2C(=O)OC)ccc1OC[C@H](O)N/N=C\c1cc(Br)c(OCc2ccc([N+](=O)[O-])cc2)c(OC)c1. The smallest absolute Gasteiger partial charge is 0.337 e. The maximum absolute atomic E-state index is 12.5. The van der Waals surface area contributed by atoms with Crippen LogP contribution in [0.5, 0.6) is 23.0 Å². The molecule has 15 nitrogen and oxygen atoms in total. The Kier molecular flexibility index (Phi) is 12.2. The van der Waals surface area contributed by atoms with E-state index in [1.165, 1.54) is 32.6 Å². The Bertz CT molecular complexity index is 1710. The minimum absolute atomic E-state index is 0.00887. The van der Waals surface area contributed by atoms with E-state index in [0.29, 0.717) is 50.9 Å². The highest BCUT2D eigenvalue weighted by Crippen LogP contribution is 2.37. The summed E-state index contributed by atoms with van der Waals surface area (Å²) in [6.45, 7) is 3.67. The number of nitrogens with one attached hydrogen (secondary N) is 3. The Morgan fingerprint density at radius 3 is 2.52 bits per heavy atom. The molecule has 1 aliphatic rings. The minimum Gasteiger partial charge on any atom is -0.493 e. The van der Waals surface area contributed by atoms with Crippen LogP contribution < -0.4 is 35.0 Å². The summed E-state index contributed by atoms with van der Waals surface area (Å²) in [5.74, 6) is 0.919. The van der Waals surface area contributed by atoms with Crippen LogP contribution in [0.15, 0.2) is 75.4 Å². The molecule has 0 radical (unpaired) electrons. The lowest BCUT2D eigenvalue weighted by atomic mass is 9.95. The highest BCUT2D eigenvalue weighted by Gasteiger charge is 2.32. The molecule has 0 spiro atoms. The molecule has 4 rings (SSSR count). The molecule has 0 aliphatic carbocycles. The number of hydrazone groups is 1. The molecule has 3 aromatic carbocycles. The molecular formula is C32H34BrN5O10. The number of nitro groups is 1. The molecule has 0 aromatic heterocycles. The number of rotatable bonds is 15. The Morgan fingerprint density at radius 2 is 1.85 bits per heavy atom. The van der Waals surface area contributed by atoms with Crippen LogP contribution in [-0.2, 0) is 16.1 Å². The third-order valence-corrected chi connectivity index (χ3v) is 7.48. The fourth-order valence-corrected chi connectivity index (χ4v) is 5.22. The molecule has 0 unspecified atom stereocenters. The first-order valence-electron chi connectivity index (χ1n) is 14.5. The van der Waals surface area contributed by atoms with Gasteiger partial charge in [0.05, 0.1) is 48.1 Å². The number of ether oxygens (including phenoxy) is 5. The van der Waals surface area contributed by atoms with Crippen LogP contribution in [0.25, 0.3) is 0 Å². The molecule has 4 N–H and O–H groups in total. The predicted octanol–water partition coefficient (Wildman–Crippen LogP) is 4.47. The fraction of sp³-hybridized carbons (Fsp3) is 0.281. The number of carbonyl (C=O) groups is 2. The van der Waals surface area contributed by atoms with Gasteiger partial charge in [-0.05, 0) is 82.9 Å². The number of benzene rings is 3. The number of esters is 1. The molecule has 2 amide bonds. The van der Waals surface area contributed by atoms with Gasteiger partial charge in [0.1, 0.15) is 13.2 Å². The maximum atomic E-state index is 12.5. The molecule has 254 valence electrons. The molecule has 0 saturated heterocycles. The number of urea groups is 1. The van der Waals surface area contributed by atoms with Crippen molar-refractivity contribution in [2.24, 2.45) is 5.10 Å². The first-order valence-corrected chi connectivity index (χ1v) is 15.3. The molecule has 2 atom stereocenters. The van der Waals surface area contributed by atoms with E-state index >= 15 is 0 Å². The summed E-state index contributed by atoms with van der Waals surface area (Å²) >= 11 is 3.48. The van der Waals surface area contributed by atoms with Crippen molar-refractivity contribution in [2.75, 3.05) is 27.4 Å². The van der Waals surface area contributed by atoms with Gasteiger partial charge in [0.2, 0.25) is 0 Å². The van der Waals surface area contributed by atoms with E-state index in [1.807, 2.05) is 0 Å². The molecule has 0 saturated carbocycles. The van der Waals surface area contributed by atoms with E-state index in [9.17, 15) is 24.8 Å². The summed E-state index contributed by atoms with van der Waals surface area (Å²) in [4.78, 5) is 35.0. The van der Waals surface area contributed by atoms with E-state index in [2.05, 4.69) is 37.1 Å². The van der Waals surface area contributed by atoms with Gasteiger partial charge in [-0.3, -0.25) is 15.5 Å². The average Bonchev–Trinajstić information content (AvgIpc) is 3.06. The first kappa shape index (κ1) is 35.5. The van der Waals surface area contributed by atoms with Crippen molar-refractivity contribution in [3.05, 3.63) is 97.1 Å². The van der Waals surface area contributed by atoms with E-state index in [1.54, 1.807) is 56.3 Å². The number of carbonyl (C=O) groups excluding carboxylic acids is 2. The Hall–Kier alpha value is -5.35. The number of hydrogen-bond donors (Lipinski definition) is 4.